The van der Waals surface area contributed by atoms with E-state index in [2.05, 4.69) is 31.7 Å². The standard InChI is InChI=1S/C17H18B3BrClFN4O3/c1-27-6-24-15-11(27)4-8(16(28)26-30-5-17(19,20)29)13(12(15)23)25-14-9(18)2-7(21)3-10(14)22/h2-4,6,25,29H,5,18-20H2,1H3,(H,26,28). The molecule has 0 aliphatic carbocycles. The van der Waals surface area contributed by atoms with Gasteiger partial charge in [0.05, 0.1) is 40.4 Å². The topological polar surface area (TPSA) is 88.4 Å². The van der Waals surface area contributed by atoms with Crippen LogP contribution >= 0.6 is 27.5 Å². The third kappa shape index (κ3) is 4.83. The van der Waals surface area contributed by atoms with Crippen molar-refractivity contribution in [2.75, 3.05) is 11.9 Å². The molecule has 3 N–H and O–H groups in total. The highest BCUT2D eigenvalue weighted by atomic mass is 79.9. The average molecular weight is 493 g/mol. The minimum Gasteiger partial charge on any atom is -0.405 e. The maximum Gasteiger partial charge on any atom is 0.277 e. The number of carbonyl (C=O) groups is 1. The van der Waals surface area contributed by atoms with Gasteiger partial charge in [0.15, 0.2) is 5.82 Å². The minimum absolute atomic E-state index is 0.00210. The zero-order valence-electron chi connectivity index (χ0n) is 16.8. The predicted octanol–water partition coefficient (Wildman–Crippen LogP) is -0.296. The van der Waals surface area contributed by atoms with Crippen molar-refractivity contribution in [2.45, 2.75) is 5.40 Å². The first-order valence-electron chi connectivity index (χ1n) is 8.98. The monoisotopic (exact) mass is 492 g/mol. The Balaban J connectivity index is 2.07. The molecule has 0 spiro atoms. The quantitative estimate of drug-likeness (QED) is 0.325. The molecule has 0 atom stereocenters. The van der Waals surface area contributed by atoms with Crippen molar-refractivity contribution in [1.82, 2.24) is 15.0 Å². The first-order valence-corrected chi connectivity index (χ1v) is 10.2. The predicted molar refractivity (Wildman–Crippen MR) is 127 cm³/mol. The van der Waals surface area contributed by atoms with E-state index < -0.39 is 17.1 Å². The molecule has 1 amide bonds. The fourth-order valence-corrected chi connectivity index (χ4v) is 3.86. The van der Waals surface area contributed by atoms with E-state index in [1.807, 2.05) is 13.9 Å². The summed E-state index contributed by atoms with van der Waals surface area (Å²) in [4.78, 5) is 22.0. The molecule has 3 rings (SSSR count). The zero-order chi connectivity index (χ0) is 22.2. The lowest BCUT2D eigenvalue weighted by atomic mass is 9.66. The van der Waals surface area contributed by atoms with Crippen molar-refractivity contribution in [3.63, 3.8) is 0 Å². The van der Waals surface area contributed by atoms with E-state index in [1.165, 1.54) is 28.1 Å². The second-order valence-corrected chi connectivity index (χ2v) is 8.90. The number of rotatable bonds is 6. The third-order valence-electron chi connectivity index (χ3n) is 4.30. The van der Waals surface area contributed by atoms with Gasteiger partial charge in [-0.05, 0) is 12.1 Å². The molecule has 0 radical (unpaired) electrons. The summed E-state index contributed by atoms with van der Waals surface area (Å²) in [6.07, 6.45) is 1.46. The Labute approximate surface area is 188 Å². The number of anilines is 2. The number of hydroxylamine groups is 1. The number of nitrogens with zero attached hydrogens (tertiary/aromatic N) is 2. The number of carbonyl (C=O) groups excluding carboxylic acids is 1. The van der Waals surface area contributed by atoms with Crippen LogP contribution in [-0.2, 0) is 11.9 Å². The number of nitrogens with one attached hydrogen (secondary N) is 2. The van der Waals surface area contributed by atoms with Gasteiger partial charge in [-0.2, -0.15) is 0 Å². The van der Waals surface area contributed by atoms with E-state index in [9.17, 15) is 9.90 Å². The summed E-state index contributed by atoms with van der Waals surface area (Å²) in [5.74, 6) is -1.38. The van der Waals surface area contributed by atoms with Crippen LogP contribution in [0.4, 0.5) is 15.8 Å². The SMILES string of the molecule is Bc1cc(Br)cc(Cl)c1Nc1c(C(=O)NOCC(B)(B)O)cc2c(ncn2C)c1F. The Kier molecular flexibility index (Phi) is 6.52. The molecule has 7 nitrogen and oxygen atoms in total. The normalized spacial score (nSPS) is 11.6. The lowest BCUT2D eigenvalue weighted by Crippen LogP contribution is -2.39. The van der Waals surface area contributed by atoms with Crippen LogP contribution in [-0.4, -0.2) is 56.1 Å². The maximum absolute atomic E-state index is 15.4. The molecule has 2 aromatic carbocycles. The van der Waals surface area contributed by atoms with Crippen molar-refractivity contribution < 1.29 is 19.1 Å². The van der Waals surface area contributed by atoms with Gasteiger partial charge < -0.3 is 15.0 Å². The number of fused-ring (bicyclic) bond motifs is 1. The largest absolute Gasteiger partial charge is 0.405 e. The fourth-order valence-electron chi connectivity index (χ4n) is 2.84. The summed E-state index contributed by atoms with van der Waals surface area (Å²) < 4.78 is 17.8. The summed E-state index contributed by atoms with van der Waals surface area (Å²) in [6, 6.07) is 5.00. The van der Waals surface area contributed by atoms with Crippen molar-refractivity contribution >= 4 is 84.8 Å². The van der Waals surface area contributed by atoms with Crippen LogP contribution in [0.2, 0.25) is 5.02 Å². The van der Waals surface area contributed by atoms with Gasteiger partial charge in [0.25, 0.3) is 5.91 Å². The molecule has 30 heavy (non-hydrogen) atoms. The second kappa shape index (κ2) is 8.62. The van der Waals surface area contributed by atoms with Gasteiger partial charge in [-0.3, -0.25) is 9.63 Å². The number of amides is 1. The van der Waals surface area contributed by atoms with E-state index in [-0.39, 0.29) is 23.4 Å². The summed E-state index contributed by atoms with van der Waals surface area (Å²) >= 11 is 9.70. The average Bonchev–Trinajstić information content (AvgIpc) is 2.99. The molecule has 0 unspecified atom stereocenters. The van der Waals surface area contributed by atoms with Crippen LogP contribution in [0.25, 0.3) is 11.0 Å². The minimum atomic E-state index is -1.15. The lowest BCUT2D eigenvalue weighted by Gasteiger charge is -2.19. The van der Waals surface area contributed by atoms with Crippen molar-refractivity contribution in [2.24, 2.45) is 7.05 Å². The van der Waals surface area contributed by atoms with Gasteiger partial charge in [-0.1, -0.05) is 39.1 Å². The molecule has 0 fully saturated rings. The highest BCUT2D eigenvalue weighted by molar-refractivity contribution is 9.10. The van der Waals surface area contributed by atoms with Crippen molar-refractivity contribution in [1.29, 1.82) is 0 Å². The van der Waals surface area contributed by atoms with Crippen LogP contribution in [0.15, 0.2) is 29.0 Å². The molecule has 1 aromatic heterocycles. The summed E-state index contributed by atoms with van der Waals surface area (Å²) in [5, 5.41) is 11.9. The molecular formula is C17H18B3BrClFN4O3. The summed E-state index contributed by atoms with van der Waals surface area (Å²) in [6.45, 7) is -0.143. The molecule has 1 heterocycles. The number of aromatic nitrogens is 2. The highest BCUT2D eigenvalue weighted by Crippen LogP contribution is 2.33. The first-order chi connectivity index (χ1) is 14.0. The molecule has 154 valence electrons. The van der Waals surface area contributed by atoms with Gasteiger partial charge in [-0.15, -0.1) is 0 Å². The van der Waals surface area contributed by atoms with Crippen molar-refractivity contribution in [3.8, 4) is 0 Å². The number of aryl methyl sites for hydroxylation is 1. The number of aliphatic hydroxyl groups is 1. The maximum atomic E-state index is 15.4. The Morgan fingerprint density at radius 1 is 1.40 bits per heavy atom. The van der Waals surface area contributed by atoms with Gasteiger partial charge >= 0.3 is 0 Å². The summed E-state index contributed by atoms with van der Waals surface area (Å²) in [5.41, 5.74) is 3.91. The van der Waals surface area contributed by atoms with Gasteiger partial charge in [0.1, 0.15) is 29.1 Å². The highest BCUT2D eigenvalue weighted by Gasteiger charge is 2.23. The van der Waals surface area contributed by atoms with Crippen molar-refractivity contribution in [3.05, 3.63) is 45.4 Å². The zero-order valence-corrected chi connectivity index (χ0v) is 19.2. The van der Waals surface area contributed by atoms with Gasteiger partial charge in [0, 0.05) is 16.9 Å². The Morgan fingerprint density at radius 2 is 2.10 bits per heavy atom. The Bertz CT molecular complexity index is 1120. The van der Waals surface area contributed by atoms with E-state index in [0.29, 0.717) is 16.2 Å². The number of benzene rings is 2. The second-order valence-electron chi connectivity index (χ2n) is 7.57. The Morgan fingerprint density at radius 3 is 2.73 bits per heavy atom. The molecule has 0 saturated heterocycles. The van der Waals surface area contributed by atoms with Gasteiger partial charge in [-0.25, -0.2) is 14.9 Å². The first kappa shape index (κ1) is 22.7. The number of hydrogen-bond donors (Lipinski definition) is 3. The van der Waals surface area contributed by atoms with Crippen LogP contribution in [0.3, 0.4) is 0 Å². The molecule has 0 aliphatic heterocycles. The van der Waals surface area contributed by atoms with Gasteiger partial charge in [0.2, 0.25) is 0 Å². The molecule has 3 aromatic rings. The third-order valence-corrected chi connectivity index (χ3v) is 5.05. The fraction of sp³-hybridized carbons (Fsp3) is 0.176. The van der Waals surface area contributed by atoms with E-state index in [1.54, 1.807) is 17.7 Å². The van der Waals surface area contributed by atoms with Crippen LogP contribution < -0.4 is 16.3 Å². The summed E-state index contributed by atoms with van der Waals surface area (Å²) in [7, 11) is 6.57. The van der Waals surface area contributed by atoms with Crippen LogP contribution in [0.1, 0.15) is 10.4 Å². The molecule has 0 saturated carbocycles. The lowest BCUT2D eigenvalue weighted by molar-refractivity contribution is -0.00287. The van der Waals surface area contributed by atoms with E-state index in [4.69, 9.17) is 16.4 Å². The molecule has 0 aliphatic rings. The molecule has 13 heteroatoms. The molecule has 0 bridgehead atoms. The molecular weight excluding hydrogens is 475 g/mol. The number of imidazole rings is 1. The van der Waals surface area contributed by atoms with Crippen LogP contribution in [0, 0.1) is 5.82 Å². The van der Waals surface area contributed by atoms with E-state index in [0.717, 1.165) is 9.94 Å². The van der Waals surface area contributed by atoms with Crippen LogP contribution in [0.5, 0.6) is 0 Å². The Hall–Kier alpha value is -2.01. The van der Waals surface area contributed by atoms with E-state index >= 15 is 4.39 Å². The number of halogens is 3. The number of hydrogen-bond acceptors (Lipinski definition) is 5. The smallest absolute Gasteiger partial charge is 0.277 e.